The first kappa shape index (κ1) is 12.7. The molecule has 0 amide bonds. The maximum absolute atomic E-state index is 13.5. The summed E-state index contributed by atoms with van der Waals surface area (Å²) < 4.78 is 13.5. The van der Waals surface area contributed by atoms with Gasteiger partial charge in [-0.3, -0.25) is 4.79 Å². The van der Waals surface area contributed by atoms with Gasteiger partial charge in [0.05, 0.1) is 10.4 Å². The van der Waals surface area contributed by atoms with Crippen LogP contribution in [0.1, 0.15) is 16.1 Å². The van der Waals surface area contributed by atoms with Gasteiger partial charge >= 0.3 is 0 Å². The van der Waals surface area contributed by atoms with Gasteiger partial charge in [-0.1, -0.05) is 11.6 Å². The number of nitrogens with one attached hydrogen (secondary N) is 1. The van der Waals surface area contributed by atoms with Gasteiger partial charge in [0, 0.05) is 11.8 Å². The number of halogens is 2. The van der Waals surface area contributed by atoms with E-state index in [-0.39, 0.29) is 16.5 Å². The summed E-state index contributed by atoms with van der Waals surface area (Å²) in [7, 11) is 0. The van der Waals surface area contributed by atoms with Crippen LogP contribution in [-0.2, 0) is 0 Å². The average molecular weight is 290 g/mol. The first-order valence-corrected chi connectivity index (χ1v) is 6.24. The summed E-state index contributed by atoms with van der Waals surface area (Å²) in [6.07, 6.45) is 2.42. The Hall–Kier alpha value is -2.27. The number of carbonyl (C=O) groups is 1. The number of benzene rings is 1. The largest absolute Gasteiger partial charge is 0.346 e. The molecular formula is C14H9ClFN3O. The van der Waals surface area contributed by atoms with Crippen molar-refractivity contribution in [2.24, 2.45) is 0 Å². The van der Waals surface area contributed by atoms with Gasteiger partial charge in [-0.05, 0) is 30.7 Å². The molecule has 0 aliphatic heterocycles. The van der Waals surface area contributed by atoms with Crippen molar-refractivity contribution in [1.82, 2.24) is 15.0 Å². The second kappa shape index (κ2) is 4.68. The molecule has 20 heavy (non-hydrogen) atoms. The van der Waals surface area contributed by atoms with Crippen molar-refractivity contribution in [1.29, 1.82) is 0 Å². The second-order valence-electron chi connectivity index (χ2n) is 4.37. The highest BCUT2D eigenvalue weighted by Gasteiger charge is 2.13. The lowest BCUT2D eigenvalue weighted by Gasteiger charge is -2.04. The molecule has 0 aliphatic carbocycles. The summed E-state index contributed by atoms with van der Waals surface area (Å²) in [5, 5.41) is 0.708. The summed E-state index contributed by atoms with van der Waals surface area (Å²) >= 11 is 5.65. The zero-order valence-corrected chi connectivity index (χ0v) is 11.2. The Morgan fingerprint density at radius 1 is 1.35 bits per heavy atom. The van der Waals surface area contributed by atoms with Crippen molar-refractivity contribution in [3.63, 3.8) is 0 Å². The predicted molar refractivity (Wildman–Crippen MR) is 74.4 cm³/mol. The van der Waals surface area contributed by atoms with Gasteiger partial charge in [0.1, 0.15) is 17.2 Å². The van der Waals surface area contributed by atoms with E-state index in [2.05, 4.69) is 15.0 Å². The van der Waals surface area contributed by atoms with Crippen LogP contribution in [0, 0.1) is 12.7 Å². The number of carbonyl (C=O) groups excluding carboxylic acids is 1. The number of aromatic nitrogens is 3. The molecule has 0 saturated carbocycles. The van der Waals surface area contributed by atoms with E-state index in [0.29, 0.717) is 22.9 Å². The van der Waals surface area contributed by atoms with Crippen LogP contribution in [0.3, 0.4) is 0 Å². The molecule has 1 N–H and O–H groups in total. The number of aldehydes is 1. The molecule has 2 heterocycles. The lowest BCUT2D eigenvalue weighted by molar-refractivity contribution is 0.112. The van der Waals surface area contributed by atoms with E-state index in [1.165, 1.54) is 12.1 Å². The molecule has 0 atom stereocenters. The molecule has 2 aromatic heterocycles. The highest BCUT2D eigenvalue weighted by Crippen LogP contribution is 2.25. The number of H-pyrrole nitrogens is 1. The van der Waals surface area contributed by atoms with Gasteiger partial charge in [-0.15, -0.1) is 0 Å². The van der Waals surface area contributed by atoms with Gasteiger partial charge in [0.15, 0.2) is 12.1 Å². The monoisotopic (exact) mass is 289 g/mol. The molecule has 0 saturated heterocycles. The number of rotatable bonds is 2. The van der Waals surface area contributed by atoms with Gasteiger partial charge in [-0.2, -0.15) is 0 Å². The summed E-state index contributed by atoms with van der Waals surface area (Å²) in [5.74, 6) is -0.278. The third-order valence-corrected chi connectivity index (χ3v) is 3.35. The number of aryl methyl sites for hydroxylation is 1. The highest BCUT2D eigenvalue weighted by molar-refractivity contribution is 6.30. The van der Waals surface area contributed by atoms with Crippen molar-refractivity contribution >= 4 is 28.9 Å². The molecule has 100 valence electrons. The molecule has 0 spiro atoms. The molecule has 0 bridgehead atoms. The van der Waals surface area contributed by atoms with Crippen molar-refractivity contribution in [2.45, 2.75) is 6.92 Å². The van der Waals surface area contributed by atoms with Crippen molar-refractivity contribution in [3.8, 4) is 11.4 Å². The van der Waals surface area contributed by atoms with Gasteiger partial charge < -0.3 is 4.98 Å². The first-order chi connectivity index (χ1) is 9.60. The van der Waals surface area contributed by atoms with E-state index in [4.69, 9.17) is 11.6 Å². The molecule has 3 rings (SSSR count). The third kappa shape index (κ3) is 1.96. The molecule has 3 aromatic rings. The molecule has 0 aliphatic rings. The van der Waals surface area contributed by atoms with E-state index >= 15 is 0 Å². The molecule has 0 unspecified atom stereocenters. The minimum absolute atomic E-state index is 0.0288. The minimum atomic E-state index is -0.553. The Morgan fingerprint density at radius 2 is 2.15 bits per heavy atom. The van der Waals surface area contributed by atoms with Crippen molar-refractivity contribution < 1.29 is 9.18 Å². The molecule has 0 fully saturated rings. The number of hydrogen-bond donors (Lipinski definition) is 1. The quantitative estimate of drug-likeness (QED) is 0.734. The van der Waals surface area contributed by atoms with Gasteiger partial charge in [-0.25, -0.2) is 14.4 Å². The van der Waals surface area contributed by atoms with Crippen LogP contribution in [-0.4, -0.2) is 21.2 Å². The van der Waals surface area contributed by atoms with Crippen LogP contribution in [0.15, 0.2) is 24.4 Å². The van der Waals surface area contributed by atoms with Crippen LogP contribution < -0.4 is 0 Å². The number of fused-ring (bicyclic) bond motifs is 1. The zero-order valence-electron chi connectivity index (χ0n) is 10.4. The summed E-state index contributed by atoms with van der Waals surface area (Å²) in [5.41, 5.74) is 2.17. The van der Waals surface area contributed by atoms with Crippen LogP contribution in [0.4, 0.5) is 4.39 Å². The third-order valence-electron chi connectivity index (χ3n) is 3.05. The van der Waals surface area contributed by atoms with Crippen LogP contribution in [0.25, 0.3) is 22.4 Å². The summed E-state index contributed by atoms with van der Waals surface area (Å²) in [4.78, 5) is 22.6. The Kier molecular flexibility index (Phi) is 2.99. The molecule has 6 heteroatoms. The van der Waals surface area contributed by atoms with Crippen LogP contribution in [0.2, 0.25) is 5.02 Å². The maximum atomic E-state index is 13.5. The van der Waals surface area contributed by atoms with Crippen molar-refractivity contribution in [3.05, 3.63) is 46.5 Å². The van der Waals surface area contributed by atoms with Gasteiger partial charge in [0.25, 0.3) is 0 Å². The minimum Gasteiger partial charge on any atom is -0.346 e. The maximum Gasteiger partial charge on any atom is 0.169 e. The lowest BCUT2D eigenvalue weighted by Crippen LogP contribution is -1.97. The topological polar surface area (TPSA) is 58.6 Å². The fraction of sp³-hybridized carbons (Fsp3) is 0.0714. The van der Waals surface area contributed by atoms with E-state index in [1.807, 2.05) is 6.92 Å². The number of hydrogen-bond acceptors (Lipinski definition) is 3. The van der Waals surface area contributed by atoms with Crippen molar-refractivity contribution in [2.75, 3.05) is 0 Å². The molecule has 4 nitrogen and oxygen atoms in total. The standard InChI is InChI=1S/C14H9ClFN3O/c1-7-5-17-14-12(7)11(6-20)18-13(19-14)8-2-3-9(15)10(16)4-8/h2-6H,1H3,(H,17,18,19). The first-order valence-electron chi connectivity index (χ1n) is 5.86. The van der Waals surface area contributed by atoms with Crippen LogP contribution >= 0.6 is 11.6 Å². The highest BCUT2D eigenvalue weighted by atomic mass is 35.5. The van der Waals surface area contributed by atoms with Gasteiger partial charge in [0.2, 0.25) is 0 Å². The normalized spacial score (nSPS) is 10.9. The fourth-order valence-electron chi connectivity index (χ4n) is 2.07. The van der Waals surface area contributed by atoms with E-state index in [1.54, 1.807) is 12.3 Å². The number of aromatic amines is 1. The number of nitrogens with zero attached hydrogens (tertiary/aromatic N) is 2. The van der Waals surface area contributed by atoms with Crippen LogP contribution in [0.5, 0.6) is 0 Å². The van der Waals surface area contributed by atoms with E-state index in [0.717, 1.165) is 5.56 Å². The Bertz CT molecular complexity index is 829. The Morgan fingerprint density at radius 3 is 2.85 bits per heavy atom. The Balaban J connectivity index is 2.26. The molecular weight excluding hydrogens is 281 g/mol. The van der Waals surface area contributed by atoms with E-state index in [9.17, 15) is 9.18 Å². The fourth-order valence-corrected chi connectivity index (χ4v) is 2.19. The second-order valence-corrected chi connectivity index (χ2v) is 4.78. The average Bonchev–Trinajstić information content (AvgIpc) is 2.82. The molecule has 0 radical (unpaired) electrons. The lowest BCUT2D eigenvalue weighted by atomic mass is 10.1. The SMILES string of the molecule is Cc1c[nH]c2nc(-c3ccc(Cl)c(F)c3)nc(C=O)c12. The summed E-state index contributed by atoms with van der Waals surface area (Å²) in [6, 6.07) is 4.28. The smallest absolute Gasteiger partial charge is 0.169 e. The summed E-state index contributed by atoms with van der Waals surface area (Å²) in [6.45, 7) is 1.86. The predicted octanol–water partition coefficient (Wildman–Crippen LogP) is 3.54. The zero-order chi connectivity index (χ0) is 14.3. The van der Waals surface area contributed by atoms with E-state index < -0.39 is 5.82 Å². The Labute approximate surface area is 118 Å². The molecule has 1 aromatic carbocycles.